The summed E-state index contributed by atoms with van der Waals surface area (Å²) in [4.78, 5) is 10.7. The molecule has 0 atom stereocenters. The van der Waals surface area contributed by atoms with Gasteiger partial charge in [0.1, 0.15) is 11.5 Å². The van der Waals surface area contributed by atoms with Crippen molar-refractivity contribution in [3.8, 4) is 34.8 Å². The van der Waals surface area contributed by atoms with Crippen LogP contribution < -0.4 is 9.47 Å². The molecule has 446 valence electrons. The molecular formula is C57H64Br6Cl4N6O9. The largest absolute Gasteiger partial charge is 0.508 e. The molecule has 3 aromatic heterocycles. The molecule has 25 heteroatoms. The quantitative estimate of drug-likeness (QED) is 0.0469. The van der Waals surface area contributed by atoms with Crippen LogP contribution in [0.15, 0.2) is 106 Å². The lowest BCUT2D eigenvalue weighted by Crippen LogP contribution is -2.00. The van der Waals surface area contributed by atoms with Crippen LogP contribution in [0.5, 0.6) is 34.8 Å². The Morgan fingerprint density at radius 3 is 1.17 bits per heavy atom. The van der Waals surface area contributed by atoms with Crippen LogP contribution in [0.2, 0.25) is 20.6 Å². The van der Waals surface area contributed by atoms with Gasteiger partial charge in [-0.15, -0.1) is 30.6 Å². The number of aliphatic carboxylic acids is 1. The maximum atomic E-state index is 10.7. The maximum absolute atomic E-state index is 10.7. The van der Waals surface area contributed by atoms with Crippen LogP contribution in [0, 0.1) is 0 Å². The number of carbonyl (C=O) groups is 1. The minimum Gasteiger partial charge on any atom is -0.508 e. The summed E-state index contributed by atoms with van der Waals surface area (Å²) in [5.41, 5.74) is 6.80. The van der Waals surface area contributed by atoms with E-state index in [0.717, 1.165) is 73.6 Å². The number of nitrogens with zero attached hydrogens (tertiary/aromatic N) is 6. The van der Waals surface area contributed by atoms with Gasteiger partial charge in [0.25, 0.3) is 0 Å². The topological polar surface area (TPSA) is 234 Å². The second-order valence-corrected chi connectivity index (χ2v) is 24.9. The molecule has 0 saturated carbocycles. The Kier molecular flexibility index (Phi) is 35.3. The van der Waals surface area contributed by atoms with Gasteiger partial charge in [-0.05, 0) is 245 Å². The number of carboxylic acid groups (broad SMARTS) is 1. The number of aromatic hydroxyl groups is 2. The van der Waals surface area contributed by atoms with Gasteiger partial charge in [-0.2, -0.15) is 0 Å². The number of hydrogen-bond donors (Lipinski definition) is 6. The van der Waals surface area contributed by atoms with Crippen LogP contribution in [-0.4, -0.2) is 87.0 Å². The second-order valence-electron chi connectivity index (χ2n) is 18.3. The first-order chi connectivity index (χ1) is 38.3. The molecule has 6 N–H and O–H groups in total. The number of carboxylic acids is 1. The molecule has 0 spiro atoms. The van der Waals surface area contributed by atoms with E-state index in [1.165, 1.54) is 0 Å². The molecule has 0 radical (unpaired) electrons. The van der Waals surface area contributed by atoms with Crippen molar-refractivity contribution in [2.75, 3.05) is 19.8 Å². The standard InChI is InChI=1S/C16H15Br2ClN2O3.C16H17Br2ClN2O2.C9H10Br2O2.C8H10O2.C7H8Cl2N2.CH4/c1-8(2)10-7-13(20-21-16(10)19)24-15-11(17)5-9(6-12(15)18)3-4-14(22)23;1-9(2)11-8-14(20-21-16(11)19)23-15-12(17)6-10(4-3-5-22)7-13(15)18;10-7-4-6(2-1-3-12)5-8(11)9(7)13;9-6-5-7-1-3-8(10)4-2-7;1-4(2)5-3-6(8)10-11-7(5)9;/h5-8H,3-4H2,1-2H3,(H,22,23);6-9,22H,3-5H2,1-2H3;4-5,12-13H,1-3H2;1-4,9-10H,5-6H2;3-4H,1-2H3;1H4. The minimum atomic E-state index is -0.833. The van der Waals surface area contributed by atoms with Gasteiger partial charge in [0.2, 0.25) is 11.8 Å². The summed E-state index contributed by atoms with van der Waals surface area (Å²) >= 11 is 43.9. The van der Waals surface area contributed by atoms with E-state index < -0.39 is 5.97 Å². The number of aliphatic hydroxyl groups excluding tert-OH is 3. The number of hydrogen-bond acceptors (Lipinski definition) is 14. The SMILES string of the molecule is C.CC(C)c1cc(Cl)nnc1Cl.CC(C)c1cc(Oc2c(Br)cc(CCC(=O)O)cc2Br)nnc1Cl.CC(C)c1cc(Oc2c(Br)cc(CCCO)cc2Br)nnc1Cl.OCCCc1cc(Br)c(O)c(Br)c1.OCCc1ccc(O)cc1. The average Bonchev–Trinajstić information content (AvgIpc) is 3.41. The highest BCUT2D eigenvalue weighted by atomic mass is 79.9. The zero-order chi connectivity index (χ0) is 60.5. The lowest BCUT2D eigenvalue weighted by molar-refractivity contribution is -0.136. The third-order valence-corrected chi connectivity index (χ3v) is 15.6. The fourth-order valence-corrected chi connectivity index (χ4v) is 12.0. The molecule has 7 rings (SSSR count). The normalized spacial score (nSPS) is 10.6. The van der Waals surface area contributed by atoms with Crippen molar-refractivity contribution in [1.29, 1.82) is 0 Å². The highest BCUT2D eigenvalue weighted by Gasteiger charge is 2.17. The summed E-state index contributed by atoms with van der Waals surface area (Å²) in [5, 5.41) is 77.8. The third kappa shape index (κ3) is 26.1. The van der Waals surface area contributed by atoms with Gasteiger partial charge in [0, 0.05) is 38.4 Å². The number of phenols is 2. The molecule has 0 amide bonds. The highest BCUT2D eigenvalue weighted by Crippen LogP contribution is 2.40. The smallest absolute Gasteiger partial charge is 0.303 e. The fraction of sp³-hybridized carbons (Fsp3) is 0.351. The van der Waals surface area contributed by atoms with Crippen molar-refractivity contribution < 1.29 is 44.9 Å². The first-order valence-corrected chi connectivity index (χ1v) is 31.1. The van der Waals surface area contributed by atoms with Crippen molar-refractivity contribution in [1.82, 2.24) is 30.6 Å². The van der Waals surface area contributed by atoms with Crippen LogP contribution in [0.1, 0.15) is 125 Å². The monoisotopic (exact) mass is 1590 g/mol. The summed E-state index contributed by atoms with van der Waals surface area (Å²) in [6, 6.07) is 23.5. The lowest BCUT2D eigenvalue weighted by Gasteiger charge is -2.13. The van der Waals surface area contributed by atoms with Crippen molar-refractivity contribution in [2.24, 2.45) is 0 Å². The maximum Gasteiger partial charge on any atom is 0.303 e. The Morgan fingerprint density at radius 1 is 0.476 bits per heavy atom. The molecule has 0 aliphatic carbocycles. The molecule has 0 bridgehead atoms. The number of halogens is 10. The van der Waals surface area contributed by atoms with E-state index >= 15 is 0 Å². The molecule has 15 nitrogen and oxygen atoms in total. The van der Waals surface area contributed by atoms with Gasteiger partial charge in [0.15, 0.2) is 32.1 Å². The summed E-state index contributed by atoms with van der Waals surface area (Å²) in [6.07, 6.45) is 4.23. The molecule has 0 aliphatic rings. The van der Waals surface area contributed by atoms with E-state index in [1.807, 2.05) is 77.9 Å². The summed E-state index contributed by atoms with van der Waals surface area (Å²) in [7, 11) is 0. The van der Waals surface area contributed by atoms with Crippen molar-refractivity contribution >= 4 is 148 Å². The molecule has 3 heterocycles. The van der Waals surface area contributed by atoms with Crippen LogP contribution in [0.4, 0.5) is 0 Å². The predicted octanol–water partition coefficient (Wildman–Crippen LogP) is 18.4. The van der Waals surface area contributed by atoms with Gasteiger partial charge in [0.05, 0.1) is 26.8 Å². The molecule has 0 saturated heterocycles. The van der Waals surface area contributed by atoms with Crippen LogP contribution >= 0.6 is 142 Å². The molecule has 4 aromatic carbocycles. The second kappa shape index (κ2) is 38.7. The van der Waals surface area contributed by atoms with E-state index in [2.05, 4.69) is 126 Å². The Hall–Kier alpha value is -3.29. The zero-order valence-corrected chi connectivity index (χ0v) is 57.2. The van der Waals surface area contributed by atoms with Gasteiger partial charge < -0.3 is 40.1 Å². The van der Waals surface area contributed by atoms with Gasteiger partial charge in [-0.25, -0.2) is 0 Å². The van der Waals surface area contributed by atoms with E-state index in [9.17, 15) is 9.90 Å². The highest BCUT2D eigenvalue weighted by molar-refractivity contribution is 9.12. The van der Waals surface area contributed by atoms with Gasteiger partial charge in [-0.3, -0.25) is 4.79 Å². The molecular weight excluding hydrogens is 1530 g/mol. The Balaban J connectivity index is 0.000000365. The Labute approximate surface area is 549 Å². The molecule has 82 heavy (non-hydrogen) atoms. The summed E-state index contributed by atoms with van der Waals surface area (Å²) < 4.78 is 16.1. The van der Waals surface area contributed by atoms with E-state index in [4.69, 9.17) is 81.4 Å². The number of phenolic OH excluding ortho intramolecular Hbond substituents is 2. The van der Waals surface area contributed by atoms with Crippen LogP contribution in [0.3, 0.4) is 0 Å². The van der Waals surface area contributed by atoms with Crippen LogP contribution in [-0.2, 0) is 30.5 Å². The Morgan fingerprint density at radius 2 is 0.829 bits per heavy atom. The molecule has 7 aromatic rings. The average molecular weight is 1600 g/mol. The summed E-state index contributed by atoms with van der Waals surface area (Å²) in [5.74, 6) is 2.30. The molecule has 0 unspecified atom stereocenters. The number of aromatic nitrogens is 6. The lowest BCUT2D eigenvalue weighted by atomic mass is 10.1. The van der Waals surface area contributed by atoms with E-state index in [0.29, 0.717) is 80.5 Å². The van der Waals surface area contributed by atoms with Crippen molar-refractivity contribution in [2.45, 2.75) is 112 Å². The van der Waals surface area contributed by atoms with E-state index in [1.54, 1.807) is 42.5 Å². The summed E-state index contributed by atoms with van der Waals surface area (Å²) in [6.45, 7) is 12.7. The molecule has 0 aliphatic heterocycles. The van der Waals surface area contributed by atoms with Crippen LogP contribution in [0.25, 0.3) is 0 Å². The number of rotatable bonds is 18. The zero-order valence-electron chi connectivity index (χ0n) is 44.7. The fourth-order valence-electron chi connectivity index (χ4n) is 6.71. The first kappa shape index (κ1) is 74.8. The van der Waals surface area contributed by atoms with Crippen molar-refractivity contribution in [3.63, 3.8) is 0 Å². The van der Waals surface area contributed by atoms with Gasteiger partial charge >= 0.3 is 5.97 Å². The van der Waals surface area contributed by atoms with Gasteiger partial charge in [-0.1, -0.05) is 108 Å². The molecule has 0 fully saturated rings. The minimum absolute atomic E-state index is 0. The third-order valence-electron chi connectivity index (χ3n) is 10.9. The van der Waals surface area contributed by atoms with Crippen molar-refractivity contribution in [3.05, 3.63) is 165 Å². The number of aliphatic hydroxyl groups is 3. The predicted molar refractivity (Wildman–Crippen MR) is 348 cm³/mol. The number of benzene rings is 4. The number of ether oxygens (including phenoxy) is 2. The first-order valence-electron chi connectivity index (χ1n) is 24.8. The Bertz CT molecular complexity index is 3070. The number of aryl methyl sites for hydroxylation is 3. The van der Waals surface area contributed by atoms with E-state index in [-0.39, 0.29) is 57.0 Å².